The number of nitrogens with zero attached hydrogens (tertiary/aromatic N) is 3. The van der Waals surface area contributed by atoms with Gasteiger partial charge in [0, 0.05) is 19.5 Å². The van der Waals surface area contributed by atoms with Gasteiger partial charge in [0.15, 0.2) is 4.60 Å². The molecule has 0 aliphatic heterocycles. The van der Waals surface area contributed by atoms with Gasteiger partial charge in [0.1, 0.15) is 0 Å². The molecule has 3 N–H and O–H groups in total. The predicted molar refractivity (Wildman–Crippen MR) is 62.3 cm³/mol. The van der Waals surface area contributed by atoms with Gasteiger partial charge >= 0.3 is 0 Å². The van der Waals surface area contributed by atoms with Crippen LogP contribution in [0.25, 0.3) is 0 Å². The van der Waals surface area contributed by atoms with Gasteiger partial charge in [-0.05, 0) is 22.9 Å². The molecule has 1 rings (SSSR count). The van der Waals surface area contributed by atoms with Crippen LogP contribution in [0.4, 0.5) is 0 Å². The Balaban J connectivity index is 2.94. The van der Waals surface area contributed by atoms with Crippen molar-refractivity contribution in [3.8, 4) is 0 Å². The summed E-state index contributed by atoms with van der Waals surface area (Å²) in [6.45, 7) is 1.54. The second-order valence-electron chi connectivity index (χ2n) is 3.50. The molecule has 0 spiro atoms. The Morgan fingerprint density at radius 1 is 1.65 bits per heavy atom. The lowest BCUT2D eigenvalue weighted by Gasteiger charge is -2.12. The van der Waals surface area contributed by atoms with Gasteiger partial charge in [-0.3, -0.25) is 4.79 Å². The fraction of sp³-hybridized carbons (Fsp3) is 0.571. The molecule has 1 atom stereocenters. The summed E-state index contributed by atoms with van der Waals surface area (Å²) in [6, 6.07) is -0.598. The maximum atomic E-state index is 11.9. The molecule has 1 unspecified atom stereocenters. The van der Waals surface area contributed by atoms with E-state index in [2.05, 4.69) is 31.0 Å². The minimum absolute atomic E-state index is 0.0812. The number of amides is 1. The number of nitrogens with one attached hydrogen (secondary N) is 1. The third-order valence-corrected chi connectivity index (χ3v) is 4.33. The molecular weight excluding hydrogens is 314 g/mol. The smallest absolute Gasteiger partial charge is 0.260 e. The molecule has 0 aliphatic carbocycles. The maximum absolute atomic E-state index is 11.9. The molecule has 0 bridgehead atoms. The topological polar surface area (TPSA) is 120 Å². The van der Waals surface area contributed by atoms with Crippen molar-refractivity contribution < 1.29 is 13.2 Å². The van der Waals surface area contributed by atoms with E-state index >= 15 is 0 Å². The minimum Gasteiger partial charge on any atom is -0.370 e. The average Bonchev–Trinajstić information content (AvgIpc) is 2.43. The largest absolute Gasteiger partial charge is 0.370 e. The van der Waals surface area contributed by atoms with Gasteiger partial charge in [-0.25, -0.2) is 17.8 Å². The van der Waals surface area contributed by atoms with Crippen LogP contribution in [0.15, 0.2) is 9.63 Å². The number of aromatic nitrogens is 3. The van der Waals surface area contributed by atoms with Crippen LogP contribution < -0.4 is 10.5 Å². The average molecular weight is 326 g/mol. The van der Waals surface area contributed by atoms with Crippen molar-refractivity contribution in [2.75, 3.05) is 0 Å². The van der Waals surface area contributed by atoms with E-state index < -0.39 is 22.0 Å². The Hall–Kier alpha value is -1.00. The predicted octanol–water partition coefficient (Wildman–Crippen LogP) is -0.880. The van der Waals surface area contributed by atoms with E-state index in [1.54, 1.807) is 6.92 Å². The van der Waals surface area contributed by atoms with E-state index in [1.807, 2.05) is 0 Å². The third kappa shape index (κ3) is 3.48. The summed E-state index contributed by atoms with van der Waals surface area (Å²) in [5.41, 5.74) is 4.98. The number of carbonyl (C=O) groups excluding carboxylic acids is 1. The number of aryl methyl sites for hydroxylation is 1. The highest BCUT2D eigenvalue weighted by molar-refractivity contribution is 9.10. The van der Waals surface area contributed by atoms with Gasteiger partial charge in [0.05, 0.1) is 0 Å². The van der Waals surface area contributed by atoms with Crippen molar-refractivity contribution in [3.05, 3.63) is 4.60 Å². The molecule has 0 aliphatic rings. The number of nitrogens with two attached hydrogens (primary N) is 1. The van der Waals surface area contributed by atoms with Crippen LogP contribution in [-0.4, -0.2) is 35.4 Å². The number of halogens is 1. The number of primary amides is 1. The molecule has 96 valence electrons. The van der Waals surface area contributed by atoms with Gasteiger partial charge in [0.2, 0.25) is 10.9 Å². The van der Waals surface area contributed by atoms with Gasteiger partial charge in [-0.2, -0.15) is 0 Å². The standard InChI is InChI=1S/C7H12BrN5O3S/c1-4(3-5(9)14)11-17(15,16)7-6(8)10-12-13(7)2/h4,11H,3H2,1-2H3,(H2,9,14). The second-order valence-corrected chi connectivity index (χ2v) is 5.88. The van der Waals surface area contributed by atoms with Crippen LogP contribution in [0.5, 0.6) is 0 Å². The molecule has 1 heterocycles. The summed E-state index contributed by atoms with van der Waals surface area (Å²) >= 11 is 2.99. The molecule has 8 nitrogen and oxygen atoms in total. The number of rotatable bonds is 5. The van der Waals surface area contributed by atoms with Crippen molar-refractivity contribution in [2.45, 2.75) is 24.4 Å². The zero-order valence-electron chi connectivity index (χ0n) is 9.21. The molecule has 0 fully saturated rings. The van der Waals surface area contributed by atoms with Crippen molar-refractivity contribution in [1.29, 1.82) is 0 Å². The lowest BCUT2D eigenvalue weighted by molar-refractivity contribution is -0.118. The number of carbonyl (C=O) groups is 1. The Bertz CT molecular complexity index is 506. The molecule has 1 aromatic heterocycles. The highest BCUT2D eigenvalue weighted by Crippen LogP contribution is 2.17. The van der Waals surface area contributed by atoms with Gasteiger partial charge in [-0.1, -0.05) is 5.21 Å². The van der Waals surface area contributed by atoms with Crippen LogP contribution in [-0.2, 0) is 21.9 Å². The van der Waals surface area contributed by atoms with Gasteiger partial charge < -0.3 is 5.73 Å². The highest BCUT2D eigenvalue weighted by Gasteiger charge is 2.25. The lowest BCUT2D eigenvalue weighted by Crippen LogP contribution is -2.36. The first-order valence-electron chi connectivity index (χ1n) is 4.60. The maximum Gasteiger partial charge on any atom is 0.260 e. The number of hydrogen-bond donors (Lipinski definition) is 2. The third-order valence-electron chi connectivity index (χ3n) is 1.86. The SMILES string of the molecule is CC(CC(N)=O)NS(=O)(=O)c1c(Br)nnn1C. The molecular formula is C7H12BrN5O3S. The van der Waals surface area contributed by atoms with Gasteiger partial charge in [0.25, 0.3) is 10.0 Å². The van der Waals surface area contributed by atoms with Crippen molar-refractivity contribution in [2.24, 2.45) is 12.8 Å². The molecule has 17 heavy (non-hydrogen) atoms. The molecule has 1 amide bonds. The molecule has 0 saturated heterocycles. The normalized spacial score (nSPS) is 13.6. The number of sulfonamides is 1. The summed E-state index contributed by atoms with van der Waals surface area (Å²) in [6.07, 6.45) is -0.0812. The monoisotopic (exact) mass is 325 g/mol. The lowest BCUT2D eigenvalue weighted by atomic mass is 10.2. The fourth-order valence-electron chi connectivity index (χ4n) is 1.27. The van der Waals surface area contributed by atoms with E-state index in [0.29, 0.717) is 0 Å². The Labute approximate surface area is 107 Å². The molecule has 0 saturated carbocycles. The zero-order valence-corrected chi connectivity index (χ0v) is 11.6. The van der Waals surface area contributed by atoms with Crippen molar-refractivity contribution in [1.82, 2.24) is 19.7 Å². The molecule has 0 aromatic carbocycles. The molecule has 1 aromatic rings. The van der Waals surface area contributed by atoms with Crippen LogP contribution in [0.3, 0.4) is 0 Å². The summed E-state index contributed by atoms with van der Waals surface area (Å²) in [7, 11) is -2.34. The van der Waals surface area contributed by atoms with Crippen LogP contribution >= 0.6 is 15.9 Å². The highest BCUT2D eigenvalue weighted by atomic mass is 79.9. The van der Waals surface area contributed by atoms with E-state index in [1.165, 1.54) is 7.05 Å². The first-order chi connectivity index (χ1) is 7.74. The van der Waals surface area contributed by atoms with Crippen LogP contribution in [0, 0.1) is 0 Å². The summed E-state index contributed by atoms with van der Waals surface area (Å²) in [4.78, 5) is 10.7. The first-order valence-corrected chi connectivity index (χ1v) is 6.87. The summed E-state index contributed by atoms with van der Waals surface area (Å²) in [5, 5.41) is 7.03. The first kappa shape index (κ1) is 14.1. The Kier molecular flexibility index (Phi) is 4.22. The molecule has 0 radical (unpaired) electrons. The zero-order chi connectivity index (χ0) is 13.2. The molecule has 10 heteroatoms. The van der Waals surface area contributed by atoms with Gasteiger partial charge in [-0.15, -0.1) is 5.10 Å². The second kappa shape index (κ2) is 5.10. The van der Waals surface area contributed by atoms with E-state index in [9.17, 15) is 13.2 Å². The fourth-order valence-corrected chi connectivity index (χ4v) is 3.61. The van der Waals surface area contributed by atoms with E-state index in [-0.39, 0.29) is 16.0 Å². The van der Waals surface area contributed by atoms with Crippen molar-refractivity contribution in [3.63, 3.8) is 0 Å². The van der Waals surface area contributed by atoms with E-state index in [4.69, 9.17) is 5.73 Å². The Morgan fingerprint density at radius 2 is 2.24 bits per heavy atom. The summed E-state index contributed by atoms with van der Waals surface area (Å²) < 4.78 is 27.4. The van der Waals surface area contributed by atoms with Crippen LogP contribution in [0.1, 0.15) is 13.3 Å². The Morgan fingerprint density at radius 3 is 2.65 bits per heavy atom. The summed E-state index contributed by atoms with van der Waals surface area (Å²) in [5.74, 6) is -0.581. The van der Waals surface area contributed by atoms with Crippen molar-refractivity contribution >= 4 is 31.9 Å². The quantitative estimate of drug-likeness (QED) is 0.728. The number of hydrogen-bond acceptors (Lipinski definition) is 5. The van der Waals surface area contributed by atoms with E-state index in [0.717, 1.165) is 4.68 Å². The minimum atomic E-state index is -3.79. The van der Waals surface area contributed by atoms with Crippen LogP contribution in [0.2, 0.25) is 0 Å².